The number of pyridine rings is 1. The van der Waals surface area contributed by atoms with Gasteiger partial charge in [-0.3, -0.25) is 4.98 Å². The summed E-state index contributed by atoms with van der Waals surface area (Å²) in [5.41, 5.74) is 1.05. The Kier molecular flexibility index (Phi) is 4.52. The highest BCUT2D eigenvalue weighted by Crippen LogP contribution is 2.10. The fourth-order valence-corrected chi connectivity index (χ4v) is 2.14. The van der Waals surface area contributed by atoms with Crippen LogP contribution >= 0.6 is 0 Å². The van der Waals surface area contributed by atoms with Crippen molar-refractivity contribution in [2.45, 2.75) is 6.42 Å². The van der Waals surface area contributed by atoms with Crippen LogP contribution in [0.1, 0.15) is 5.69 Å². The number of morpholine rings is 1. The lowest BCUT2D eigenvalue weighted by Crippen LogP contribution is -2.37. The van der Waals surface area contributed by atoms with E-state index < -0.39 is 0 Å². The quantitative estimate of drug-likeness (QED) is 0.869. The smallest absolute Gasteiger partial charge is 0.230 e. The van der Waals surface area contributed by atoms with Gasteiger partial charge in [0.25, 0.3) is 0 Å². The molecule has 0 bridgehead atoms. The molecule has 1 aliphatic heterocycles. The lowest BCUT2D eigenvalue weighted by atomic mass is 10.3. The molecule has 3 heterocycles. The van der Waals surface area contributed by atoms with Crippen molar-refractivity contribution in [2.75, 3.05) is 43.1 Å². The van der Waals surface area contributed by atoms with Crippen molar-refractivity contribution in [3.63, 3.8) is 0 Å². The summed E-state index contributed by atoms with van der Waals surface area (Å²) in [6.07, 6.45) is 4.18. The van der Waals surface area contributed by atoms with Crippen molar-refractivity contribution < 1.29 is 4.74 Å². The molecule has 0 atom stereocenters. The van der Waals surface area contributed by atoms with Gasteiger partial charge in [0.05, 0.1) is 13.2 Å². The van der Waals surface area contributed by atoms with Crippen LogP contribution in [0.3, 0.4) is 0 Å². The van der Waals surface area contributed by atoms with Gasteiger partial charge in [0.2, 0.25) is 11.9 Å². The molecule has 0 unspecified atom stereocenters. The molecule has 0 amide bonds. The van der Waals surface area contributed by atoms with E-state index in [-0.39, 0.29) is 0 Å². The summed E-state index contributed by atoms with van der Waals surface area (Å²) < 4.78 is 5.33. The first kappa shape index (κ1) is 13.7. The highest BCUT2D eigenvalue weighted by Gasteiger charge is 2.14. The van der Waals surface area contributed by atoms with E-state index in [4.69, 9.17) is 4.74 Å². The fourth-order valence-electron chi connectivity index (χ4n) is 2.14. The minimum Gasteiger partial charge on any atom is -0.378 e. The Labute approximate surface area is 123 Å². The van der Waals surface area contributed by atoms with Crippen molar-refractivity contribution in [2.24, 2.45) is 0 Å². The highest BCUT2D eigenvalue weighted by atomic mass is 16.5. The average molecular weight is 286 g/mol. The lowest BCUT2D eigenvalue weighted by Gasteiger charge is -2.26. The first-order valence-electron chi connectivity index (χ1n) is 7.07. The molecule has 1 aliphatic rings. The molecule has 2 aromatic heterocycles. The standard InChI is InChI=1S/C14H18N6O/c1-2-5-15-12(3-1)4-6-16-13-17-11-18-14(19-13)20-7-9-21-10-8-20/h1-3,5,11H,4,6-10H2,(H,16,17,18,19). The third-order valence-electron chi connectivity index (χ3n) is 3.24. The summed E-state index contributed by atoms with van der Waals surface area (Å²) in [7, 11) is 0. The van der Waals surface area contributed by atoms with E-state index in [1.165, 1.54) is 0 Å². The topological polar surface area (TPSA) is 76.1 Å². The van der Waals surface area contributed by atoms with E-state index in [1.807, 2.05) is 18.2 Å². The van der Waals surface area contributed by atoms with Crippen molar-refractivity contribution in [1.82, 2.24) is 19.9 Å². The minimum atomic E-state index is 0.599. The molecule has 7 heteroatoms. The fraction of sp³-hybridized carbons (Fsp3) is 0.429. The Balaban J connectivity index is 1.55. The van der Waals surface area contributed by atoms with Gasteiger partial charge in [-0.05, 0) is 12.1 Å². The van der Waals surface area contributed by atoms with E-state index in [2.05, 4.69) is 30.2 Å². The summed E-state index contributed by atoms with van der Waals surface area (Å²) in [6, 6.07) is 5.91. The number of ether oxygens (including phenoxy) is 1. The van der Waals surface area contributed by atoms with Gasteiger partial charge in [0.1, 0.15) is 6.33 Å². The predicted octanol–water partition coefficient (Wildman–Crippen LogP) is 0.758. The number of aromatic nitrogens is 4. The molecule has 0 spiro atoms. The summed E-state index contributed by atoms with van der Waals surface area (Å²) in [4.78, 5) is 19.2. The molecule has 1 saturated heterocycles. The Morgan fingerprint density at radius 1 is 1.14 bits per heavy atom. The van der Waals surface area contributed by atoms with Crippen LogP contribution in [-0.4, -0.2) is 52.8 Å². The molecule has 3 rings (SSSR count). The van der Waals surface area contributed by atoms with Gasteiger partial charge in [-0.25, -0.2) is 9.97 Å². The van der Waals surface area contributed by atoms with Crippen molar-refractivity contribution in [3.8, 4) is 0 Å². The third kappa shape index (κ3) is 3.85. The Hall–Kier alpha value is -2.28. The number of hydrogen-bond acceptors (Lipinski definition) is 7. The molecule has 0 aromatic carbocycles. The zero-order valence-corrected chi connectivity index (χ0v) is 11.8. The maximum atomic E-state index is 5.33. The van der Waals surface area contributed by atoms with Gasteiger partial charge >= 0.3 is 0 Å². The molecule has 21 heavy (non-hydrogen) atoms. The summed E-state index contributed by atoms with van der Waals surface area (Å²) in [5, 5.41) is 3.21. The van der Waals surface area contributed by atoms with Gasteiger partial charge in [0.15, 0.2) is 0 Å². The summed E-state index contributed by atoms with van der Waals surface area (Å²) >= 11 is 0. The predicted molar refractivity (Wildman–Crippen MR) is 79.3 cm³/mol. The summed E-state index contributed by atoms with van der Waals surface area (Å²) in [6.45, 7) is 3.81. The second-order valence-electron chi connectivity index (χ2n) is 4.71. The molecular weight excluding hydrogens is 268 g/mol. The van der Waals surface area contributed by atoms with Gasteiger partial charge in [-0.2, -0.15) is 4.98 Å². The molecule has 0 saturated carbocycles. The van der Waals surface area contributed by atoms with E-state index in [0.29, 0.717) is 25.1 Å². The molecule has 1 fully saturated rings. The summed E-state index contributed by atoms with van der Waals surface area (Å²) in [5.74, 6) is 1.30. The first-order valence-corrected chi connectivity index (χ1v) is 7.07. The van der Waals surface area contributed by atoms with Crippen LogP contribution in [0.4, 0.5) is 11.9 Å². The van der Waals surface area contributed by atoms with Crippen molar-refractivity contribution in [1.29, 1.82) is 0 Å². The molecule has 110 valence electrons. The van der Waals surface area contributed by atoms with Crippen LogP contribution in [0.15, 0.2) is 30.7 Å². The molecule has 2 aromatic rings. The normalized spacial score (nSPS) is 15.0. The van der Waals surface area contributed by atoms with Gasteiger partial charge in [-0.1, -0.05) is 6.07 Å². The Morgan fingerprint density at radius 3 is 2.86 bits per heavy atom. The van der Waals surface area contributed by atoms with Gasteiger partial charge in [0, 0.05) is 37.9 Å². The lowest BCUT2D eigenvalue weighted by molar-refractivity contribution is 0.122. The molecular formula is C14H18N6O. The second kappa shape index (κ2) is 6.94. The monoisotopic (exact) mass is 286 g/mol. The van der Waals surface area contributed by atoms with Crippen molar-refractivity contribution in [3.05, 3.63) is 36.4 Å². The zero-order chi connectivity index (χ0) is 14.3. The first-order chi connectivity index (χ1) is 10.4. The van der Waals surface area contributed by atoms with Crippen molar-refractivity contribution >= 4 is 11.9 Å². The molecule has 1 N–H and O–H groups in total. The maximum Gasteiger partial charge on any atom is 0.230 e. The van der Waals surface area contributed by atoms with E-state index >= 15 is 0 Å². The number of nitrogens with zero attached hydrogens (tertiary/aromatic N) is 5. The minimum absolute atomic E-state index is 0.599. The molecule has 7 nitrogen and oxygen atoms in total. The number of hydrogen-bond donors (Lipinski definition) is 1. The van der Waals surface area contributed by atoms with Crippen LogP contribution in [0.2, 0.25) is 0 Å². The van der Waals surface area contributed by atoms with E-state index in [1.54, 1.807) is 12.5 Å². The maximum absolute atomic E-state index is 5.33. The SMILES string of the molecule is c1ccc(CCNc2ncnc(N3CCOCC3)n2)nc1. The van der Waals surface area contributed by atoms with E-state index in [9.17, 15) is 0 Å². The van der Waals surface area contributed by atoms with Crippen LogP contribution in [0.25, 0.3) is 0 Å². The largest absolute Gasteiger partial charge is 0.378 e. The van der Waals surface area contributed by atoms with Crippen LogP contribution in [0.5, 0.6) is 0 Å². The average Bonchev–Trinajstić information content (AvgIpc) is 2.57. The second-order valence-corrected chi connectivity index (χ2v) is 4.71. The van der Waals surface area contributed by atoms with E-state index in [0.717, 1.165) is 31.7 Å². The highest BCUT2D eigenvalue weighted by molar-refractivity contribution is 5.36. The Morgan fingerprint density at radius 2 is 2.05 bits per heavy atom. The van der Waals surface area contributed by atoms with Crippen LogP contribution < -0.4 is 10.2 Å². The Bertz CT molecular complexity index is 558. The van der Waals surface area contributed by atoms with Gasteiger partial charge < -0.3 is 15.0 Å². The molecule has 0 radical (unpaired) electrons. The van der Waals surface area contributed by atoms with Crippen LogP contribution in [0, 0.1) is 0 Å². The zero-order valence-electron chi connectivity index (χ0n) is 11.8. The van der Waals surface area contributed by atoms with Crippen LogP contribution in [-0.2, 0) is 11.2 Å². The number of rotatable bonds is 5. The third-order valence-corrected chi connectivity index (χ3v) is 3.24. The number of nitrogens with one attached hydrogen (secondary N) is 1. The van der Waals surface area contributed by atoms with Gasteiger partial charge in [-0.15, -0.1) is 0 Å². The molecule has 0 aliphatic carbocycles. The number of anilines is 2.